The summed E-state index contributed by atoms with van der Waals surface area (Å²) in [6.45, 7) is 5.22. The fraction of sp³-hybridized carbons (Fsp3) is 0.846. The van der Waals surface area contributed by atoms with Gasteiger partial charge in [-0.3, -0.25) is 9.69 Å². The summed E-state index contributed by atoms with van der Waals surface area (Å²) < 4.78 is 5.22. The summed E-state index contributed by atoms with van der Waals surface area (Å²) in [4.78, 5) is 27.3. The number of carboxylic acids is 1. The Balaban J connectivity index is 1.86. The fourth-order valence-electron chi connectivity index (χ4n) is 2.64. The van der Waals surface area contributed by atoms with E-state index < -0.39 is 17.4 Å². The minimum Gasteiger partial charge on any atom is -0.481 e. The molecular weight excluding hydrogens is 278 g/mol. The topological polar surface area (TPSA) is 102 Å². The zero-order valence-corrected chi connectivity index (χ0v) is 12.2. The molecule has 2 fully saturated rings. The molecule has 2 unspecified atom stereocenters. The second-order valence-corrected chi connectivity index (χ2v) is 5.79. The maximum absolute atomic E-state index is 12.2. The predicted octanol–water partition coefficient (Wildman–Crippen LogP) is -1.20. The summed E-state index contributed by atoms with van der Waals surface area (Å²) in [6.07, 6.45) is 0. The molecule has 2 heterocycles. The van der Waals surface area contributed by atoms with Gasteiger partial charge in [0.15, 0.2) is 0 Å². The summed E-state index contributed by atoms with van der Waals surface area (Å²) in [6, 6.07) is -0.764. The van der Waals surface area contributed by atoms with Crippen molar-refractivity contribution in [3.8, 4) is 0 Å². The van der Waals surface area contributed by atoms with Crippen molar-refractivity contribution >= 4 is 12.0 Å². The number of ether oxygens (including phenoxy) is 1. The second kappa shape index (κ2) is 6.59. The quantitative estimate of drug-likeness (QED) is 0.602. The van der Waals surface area contributed by atoms with Crippen LogP contribution in [0, 0.1) is 5.41 Å². The number of carbonyl (C=O) groups is 2. The lowest BCUT2D eigenvalue weighted by molar-refractivity contribution is -0.148. The number of aliphatic hydroxyl groups excluding tert-OH is 1. The third kappa shape index (κ3) is 3.45. The maximum atomic E-state index is 12.2. The normalized spacial score (nSPS) is 30.4. The largest absolute Gasteiger partial charge is 0.481 e. The van der Waals surface area contributed by atoms with Crippen LogP contribution in [0.3, 0.4) is 0 Å². The Bertz CT molecular complexity index is 397. The van der Waals surface area contributed by atoms with E-state index >= 15 is 0 Å². The molecule has 2 rings (SSSR count). The molecule has 2 aliphatic rings. The van der Waals surface area contributed by atoms with Crippen molar-refractivity contribution in [3.05, 3.63) is 0 Å². The number of carboxylic acid groups (broad SMARTS) is 1. The summed E-state index contributed by atoms with van der Waals surface area (Å²) in [5, 5.41) is 21.0. The Hall–Kier alpha value is -1.38. The zero-order valence-electron chi connectivity index (χ0n) is 12.2. The van der Waals surface area contributed by atoms with Gasteiger partial charge in [-0.05, 0) is 6.92 Å². The number of nitrogens with zero attached hydrogens (tertiary/aromatic N) is 2. The molecule has 0 saturated carbocycles. The minimum atomic E-state index is -1.08. The van der Waals surface area contributed by atoms with E-state index in [-0.39, 0.29) is 25.9 Å². The lowest BCUT2D eigenvalue weighted by Gasteiger charge is -2.35. The zero-order chi connectivity index (χ0) is 15.5. The lowest BCUT2D eigenvalue weighted by atomic mass is 9.85. The van der Waals surface area contributed by atoms with Crippen LogP contribution >= 0.6 is 0 Å². The van der Waals surface area contributed by atoms with Crippen LogP contribution in [0.2, 0.25) is 0 Å². The van der Waals surface area contributed by atoms with Crippen LogP contribution in [0.5, 0.6) is 0 Å². The molecule has 2 aliphatic heterocycles. The van der Waals surface area contributed by atoms with E-state index in [1.807, 2.05) is 0 Å². The third-order valence-corrected chi connectivity index (χ3v) is 4.32. The van der Waals surface area contributed by atoms with Gasteiger partial charge in [0.2, 0.25) is 0 Å². The van der Waals surface area contributed by atoms with E-state index in [2.05, 4.69) is 10.2 Å². The first-order valence-corrected chi connectivity index (χ1v) is 7.17. The molecule has 0 bridgehead atoms. The van der Waals surface area contributed by atoms with E-state index in [4.69, 9.17) is 9.84 Å². The fourth-order valence-corrected chi connectivity index (χ4v) is 2.64. The van der Waals surface area contributed by atoms with Crippen LogP contribution < -0.4 is 5.32 Å². The van der Waals surface area contributed by atoms with Gasteiger partial charge in [0, 0.05) is 32.7 Å². The van der Waals surface area contributed by atoms with Crippen LogP contribution in [-0.4, -0.2) is 90.6 Å². The first kappa shape index (κ1) is 16.0. The first-order chi connectivity index (χ1) is 9.97. The van der Waals surface area contributed by atoms with Gasteiger partial charge in [0.25, 0.3) is 0 Å². The molecule has 0 spiro atoms. The SMILES string of the molecule is CC1(C(=O)O)COCC1NC(=O)N1CCN(CCO)CC1. The van der Waals surface area contributed by atoms with Gasteiger partial charge in [-0.25, -0.2) is 4.79 Å². The molecule has 0 aromatic heterocycles. The number of aliphatic hydroxyl groups is 1. The molecular formula is C13H23N3O5. The molecule has 8 nitrogen and oxygen atoms in total. The third-order valence-electron chi connectivity index (χ3n) is 4.32. The Morgan fingerprint density at radius 2 is 2.00 bits per heavy atom. The Labute approximate surface area is 123 Å². The minimum absolute atomic E-state index is 0.109. The predicted molar refractivity (Wildman–Crippen MR) is 74.0 cm³/mol. The molecule has 2 atom stereocenters. The second-order valence-electron chi connectivity index (χ2n) is 5.79. The molecule has 120 valence electrons. The molecule has 21 heavy (non-hydrogen) atoms. The molecule has 0 aliphatic carbocycles. The molecule has 2 saturated heterocycles. The van der Waals surface area contributed by atoms with Crippen molar-refractivity contribution in [2.75, 3.05) is 52.5 Å². The standard InChI is InChI=1S/C13H23N3O5/c1-13(11(18)19)9-21-8-10(13)14-12(20)16-4-2-15(3-5-16)6-7-17/h10,17H,2-9H2,1H3,(H,14,20)(H,18,19). The van der Waals surface area contributed by atoms with E-state index in [9.17, 15) is 14.7 Å². The van der Waals surface area contributed by atoms with Crippen LogP contribution in [0.1, 0.15) is 6.92 Å². The molecule has 3 N–H and O–H groups in total. The van der Waals surface area contributed by atoms with E-state index in [0.29, 0.717) is 32.7 Å². The summed E-state index contributed by atoms with van der Waals surface area (Å²) in [5.41, 5.74) is -1.08. The number of carbonyl (C=O) groups excluding carboxylic acids is 1. The average molecular weight is 301 g/mol. The summed E-state index contributed by atoms with van der Waals surface area (Å²) in [5.74, 6) is -0.960. The Kier molecular flexibility index (Phi) is 5.02. The molecule has 0 radical (unpaired) electrons. The number of rotatable bonds is 4. The van der Waals surface area contributed by atoms with Crippen molar-refractivity contribution in [1.82, 2.24) is 15.1 Å². The number of hydrogen-bond donors (Lipinski definition) is 3. The van der Waals surface area contributed by atoms with Crippen LogP contribution in [0.25, 0.3) is 0 Å². The summed E-state index contributed by atoms with van der Waals surface area (Å²) >= 11 is 0. The van der Waals surface area contributed by atoms with Crippen molar-refractivity contribution in [2.24, 2.45) is 5.41 Å². The lowest BCUT2D eigenvalue weighted by Crippen LogP contribution is -2.57. The van der Waals surface area contributed by atoms with Gasteiger partial charge in [-0.1, -0.05) is 0 Å². The Morgan fingerprint density at radius 3 is 2.57 bits per heavy atom. The molecule has 8 heteroatoms. The van der Waals surface area contributed by atoms with Gasteiger partial charge < -0.3 is 25.2 Å². The number of hydrogen-bond acceptors (Lipinski definition) is 5. The van der Waals surface area contributed by atoms with Gasteiger partial charge >= 0.3 is 12.0 Å². The Morgan fingerprint density at radius 1 is 1.33 bits per heavy atom. The number of aliphatic carboxylic acids is 1. The number of nitrogens with one attached hydrogen (secondary N) is 1. The molecule has 2 amide bonds. The highest BCUT2D eigenvalue weighted by molar-refractivity contribution is 5.79. The van der Waals surface area contributed by atoms with Crippen LogP contribution in [0.15, 0.2) is 0 Å². The average Bonchev–Trinajstić information content (AvgIpc) is 2.83. The smallest absolute Gasteiger partial charge is 0.317 e. The van der Waals surface area contributed by atoms with Crippen molar-refractivity contribution in [1.29, 1.82) is 0 Å². The number of amides is 2. The van der Waals surface area contributed by atoms with Gasteiger partial charge in [0.1, 0.15) is 5.41 Å². The highest BCUT2D eigenvalue weighted by Crippen LogP contribution is 2.28. The number of urea groups is 1. The van der Waals surface area contributed by atoms with Crippen LogP contribution in [-0.2, 0) is 9.53 Å². The maximum Gasteiger partial charge on any atom is 0.317 e. The number of β-amino-alcohol motifs (C(OH)–C–C–N with tert-alkyl or cyclic N) is 1. The number of piperazine rings is 1. The van der Waals surface area contributed by atoms with Crippen molar-refractivity contribution < 1.29 is 24.5 Å². The van der Waals surface area contributed by atoms with Crippen molar-refractivity contribution in [2.45, 2.75) is 13.0 Å². The molecule has 0 aromatic rings. The van der Waals surface area contributed by atoms with Crippen molar-refractivity contribution in [3.63, 3.8) is 0 Å². The first-order valence-electron chi connectivity index (χ1n) is 7.17. The van der Waals surface area contributed by atoms with E-state index in [0.717, 1.165) is 0 Å². The van der Waals surface area contributed by atoms with E-state index in [1.165, 1.54) is 0 Å². The van der Waals surface area contributed by atoms with Crippen LogP contribution in [0.4, 0.5) is 4.79 Å². The van der Waals surface area contributed by atoms with Gasteiger partial charge in [-0.15, -0.1) is 0 Å². The van der Waals surface area contributed by atoms with Gasteiger partial charge in [-0.2, -0.15) is 0 Å². The summed E-state index contributed by atoms with van der Waals surface area (Å²) in [7, 11) is 0. The molecule has 0 aromatic carbocycles. The highest BCUT2D eigenvalue weighted by atomic mass is 16.5. The van der Waals surface area contributed by atoms with E-state index in [1.54, 1.807) is 11.8 Å². The van der Waals surface area contributed by atoms with Gasteiger partial charge in [0.05, 0.1) is 25.9 Å². The highest BCUT2D eigenvalue weighted by Gasteiger charge is 2.47. The monoisotopic (exact) mass is 301 g/mol.